The van der Waals surface area contributed by atoms with E-state index in [1.54, 1.807) is 6.20 Å². The largest absolute Gasteiger partial charge is 0.382 e. The van der Waals surface area contributed by atoms with E-state index >= 15 is 0 Å². The van der Waals surface area contributed by atoms with E-state index in [4.69, 9.17) is 5.73 Å². The average Bonchev–Trinajstić information content (AvgIpc) is 2.91. The number of anilines is 2. The Morgan fingerprint density at radius 2 is 1.62 bits per heavy atom. The van der Waals surface area contributed by atoms with Crippen LogP contribution in [-0.2, 0) is 0 Å². The molecular formula is C16H14N4O. The van der Waals surface area contributed by atoms with Crippen LogP contribution in [0.4, 0.5) is 16.3 Å². The first-order chi connectivity index (χ1) is 10.2. The molecule has 3 N–H and O–H groups in total. The number of benzene rings is 2. The van der Waals surface area contributed by atoms with Gasteiger partial charge in [-0.05, 0) is 17.7 Å². The van der Waals surface area contributed by atoms with E-state index in [9.17, 15) is 4.79 Å². The molecule has 0 bridgehead atoms. The van der Waals surface area contributed by atoms with Crippen LogP contribution in [0.3, 0.4) is 0 Å². The van der Waals surface area contributed by atoms with Crippen molar-refractivity contribution in [3.63, 3.8) is 0 Å². The molecule has 0 radical (unpaired) electrons. The summed E-state index contributed by atoms with van der Waals surface area (Å²) in [5.74, 6) is 0.324. The summed E-state index contributed by atoms with van der Waals surface area (Å²) in [6.07, 6.45) is 1.63. The van der Waals surface area contributed by atoms with Gasteiger partial charge in [-0.1, -0.05) is 48.5 Å². The van der Waals surface area contributed by atoms with Crippen molar-refractivity contribution >= 4 is 17.5 Å². The Balaban J connectivity index is 1.86. The number of nitrogen functional groups attached to an aromatic ring is 1. The van der Waals surface area contributed by atoms with Crippen molar-refractivity contribution in [2.75, 3.05) is 11.1 Å². The maximum Gasteiger partial charge on any atom is 0.346 e. The summed E-state index contributed by atoms with van der Waals surface area (Å²) in [7, 11) is 0. The molecule has 5 nitrogen and oxygen atoms in total. The molecule has 1 heterocycles. The van der Waals surface area contributed by atoms with Crippen LogP contribution in [0, 0.1) is 0 Å². The number of nitrogens with zero attached hydrogens (tertiary/aromatic N) is 2. The predicted octanol–water partition coefficient (Wildman–Crippen LogP) is 3.21. The smallest absolute Gasteiger partial charge is 0.346 e. The van der Waals surface area contributed by atoms with Crippen molar-refractivity contribution in [3.8, 4) is 11.1 Å². The molecule has 0 saturated carbocycles. The highest BCUT2D eigenvalue weighted by Gasteiger charge is 2.12. The highest BCUT2D eigenvalue weighted by molar-refractivity contribution is 5.91. The zero-order valence-electron chi connectivity index (χ0n) is 11.2. The summed E-state index contributed by atoms with van der Waals surface area (Å²) in [6, 6.07) is 18.4. The minimum absolute atomic E-state index is 0.324. The summed E-state index contributed by atoms with van der Waals surface area (Å²) >= 11 is 0. The molecule has 1 amide bonds. The van der Waals surface area contributed by atoms with E-state index in [1.165, 1.54) is 4.68 Å². The highest BCUT2D eigenvalue weighted by Crippen LogP contribution is 2.24. The molecule has 0 aliphatic carbocycles. The van der Waals surface area contributed by atoms with Gasteiger partial charge < -0.3 is 11.1 Å². The minimum Gasteiger partial charge on any atom is -0.382 e. The van der Waals surface area contributed by atoms with Gasteiger partial charge in [-0.2, -0.15) is 4.68 Å². The zero-order valence-corrected chi connectivity index (χ0v) is 11.2. The third-order valence-electron chi connectivity index (χ3n) is 3.06. The van der Waals surface area contributed by atoms with Crippen molar-refractivity contribution in [1.82, 2.24) is 9.78 Å². The molecule has 3 rings (SSSR count). The summed E-state index contributed by atoms with van der Waals surface area (Å²) in [5.41, 5.74) is 8.26. The molecule has 0 unspecified atom stereocenters. The lowest BCUT2D eigenvalue weighted by molar-refractivity contribution is 0.251. The second-order valence-corrected chi connectivity index (χ2v) is 4.53. The molecule has 0 saturated heterocycles. The second-order valence-electron chi connectivity index (χ2n) is 4.53. The van der Waals surface area contributed by atoms with Gasteiger partial charge in [0.1, 0.15) is 0 Å². The lowest BCUT2D eigenvalue weighted by Crippen LogP contribution is -2.19. The van der Waals surface area contributed by atoms with Crippen LogP contribution < -0.4 is 11.1 Å². The Kier molecular flexibility index (Phi) is 3.39. The lowest BCUT2D eigenvalue weighted by Gasteiger charge is -2.03. The summed E-state index contributed by atoms with van der Waals surface area (Å²) < 4.78 is 1.21. The molecule has 0 fully saturated rings. The molecule has 0 aliphatic heterocycles. The van der Waals surface area contributed by atoms with Crippen molar-refractivity contribution in [2.24, 2.45) is 0 Å². The number of para-hydroxylation sites is 1. The van der Waals surface area contributed by atoms with E-state index in [1.807, 2.05) is 60.7 Å². The molecule has 0 aliphatic rings. The molecule has 2 aromatic carbocycles. The van der Waals surface area contributed by atoms with Gasteiger partial charge >= 0.3 is 6.03 Å². The van der Waals surface area contributed by atoms with Crippen LogP contribution >= 0.6 is 0 Å². The van der Waals surface area contributed by atoms with Crippen LogP contribution in [-0.4, -0.2) is 15.8 Å². The Labute approximate surface area is 122 Å². The van der Waals surface area contributed by atoms with Crippen molar-refractivity contribution in [2.45, 2.75) is 0 Å². The highest BCUT2D eigenvalue weighted by atomic mass is 16.2. The van der Waals surface area contributed by atoms with Crippen LogP contribution in [0.2, 0.25) is 0 Å². The zero-order chi connectivity index (χ0) is 14.7. The number of carbonyl (C=O) groups is 1. The van der Waals surface area contributed by atoms with Gasteiger partial charge in [0.2, 0.25) is 0 Å². The number of hydrogen-bond donors (Lipinski definition) is 2. The van der Waals surface area contributed by atoms with Crippen molar-refractivity contribution in [1.29, 1.82) is 0 Å². The molecular weight excluding hydrogens is 264 g/mol. The van der Waals surface area contributed by atoms with E-state index in [0.717, 1.165) is 11.1 Å². The van der Waals surface area contributed by atoms with E-state index < -0.39 is 0 Å². The maximum atomic E-state index is 12.1. The SMILES string of the molecule is Nc1nn(C(=O)Nc2ccccc2)cc1-c1ccccc1. The van der Waals surface area contributed by atoms with Crippen LogP contribution in [0.1, 0.15) is 0 Å². The fourth-order valence-corrected chi connectivity index (χ4v) is 2.03. The van der Waals surface area contributed by atoms with Crippen LogP contribution in [0.25, 0.3) is 11.1 Å². The Bertz CT molecular complexity index is 750. The fourth-order valence-electron chi connectivity index (χ4n) is 2.03. The first kappa shape index (κ1) is 12.9. The Morgan fingerprint density at radius 3 is 2.29 bits per heavy atom. The number of nitrogens with two attached hydrogens (primary N) is 1. The van der Waals surface area contributed by atoms with Gasteiger partial charge in [0.25, 0.3) is 0 Å². The number of aromatic nitrogens is 2. The van der Waals surface area contributed by atoms with Gasteiger partial charge in [-0.15, -0.1) is 5.10 Å². The minimum atomic E-state index is -0.352. The monoisotopic (exact) mass is 278 g/mol. The number of rotatable bonds is 2. The molecule has 5 heteroatoms. The molecule has 0 spiro atoms. The van der Waals surface area contributed by atoms with Gasteiger partial charge in [0.05, 0.1) is 0 Å². The van der Waals surface area contributed by atoms with Crippen molar-refractivity contribution < 1.29 is 4.79 Å². The first-order valence-corrected chi connectivity index (χ1v) is 6.51. The summed E-state index contributed by atoms with van der Waals surface area (Å²) in [4.78, 5) is 12.1. The maximum absolute atomic E-state index is 12.1. The van der Waals surface area contributed by atoms with Gasteiger partial charge in [-0.3, -0.25) is 0 Å². The average molecular weight is 278 g/mol. The predicted molar refractivity (Wildman–Crippen MR) is 82.9 cm³/mol. The normalized spacial score (nSPS) is 10.3. The van der Waals surface area contributed by atoms with E-state index in [-0.39, 0.29) is 6.03 Å². The molecule has 21 heavy (non-hydrogen) atoms. The molecule has 3 aromatic rings. The lowest BCUT2D eigenvalue weighted by atomic mass is 10.1. The number of nitrogens with one attached hydrogen (secondary N) is 1. The van der Waals surface area contributed by atoms with Crippen molar-refractivity contribution in [3.05, 3.63) is 66.9 Å². The second kappa shape index (κ2) is 5.50. The number of hydrogen-bond acceptors (Lipinski definition) is 3. The first-order valence-electron chi connectivity index (χ1n) is 6.51. The van der Waals surface area contributed by atoms with Gasteiger partial charge in [0.15, 0.2) is 5.82 Å². The topological polar surface area (TPSA) is 72.9 Å². The van der Waals surface area contributed by atoms with Crippen LogP contribution in [0.15, 0.2) is 66.9 Å². The van der Waals surface area contributed by atoms with Crippen LogP contribution in [0.5, 0.6) is 0 Å². The molecule has 104 valence electrons. The number of amides is 1. The Morgan fingerprint density at radius 1 is 1.00 bits per heavy atom. The summed E-state index contributed by atoms with van der Waals surface area (Å²) in [6.45, 7) is 0. The quantitative estimate of drug-likeness (QED) is 0.756. The molecule has 1 aromatic heterocycles. The van der Waals surface area contributed by atoms with Gasteiger partial charge in [0, 0.05) is 17.4 Å². The van der Waals surface area contributed by atoms with E-state index in [2.05, 4.69) is 10.4 Å². The third-order valence-corrected chi connectivity index (χ3v) is 3.06. The van der Waals surface area contributed by atoms with E-state index in [0.29, 0.717) is 11.5 Å². The Hall–Kier alpha value is -3.08. The third kappa shape index (κ3) is 2.76. The standard InChI is InChI=1S/C16H14N4O/c17-15-14(12-7-3-1-4-8-12)11-20(19-15)16(21)18-13-9-5-2-6-10-13/h1-11H,(H2,17,19)(H,18,21). The fraction of sp³-hybridized carbons (Fsp3) is 0. The summed E-state index contributed by atoms with van der Waals surface area (Å²) in [5, 5.41) is 6.82. The number of carbonyl (C=O) groups excluding carboxylic acids is 1. The van der Waals surface area contributed by atoms with Gasteiger partial charge in [-0.25, -0.2) is 4.79 Å². The molecule has 0 atom stereocenters.